The molecule has 0 bridgehead atoms. The van der Waals surface area contributed by atoms with Crippen LogP contribution < -0.4 is 0 Å². The molecule has 2 spiro atoms. The van der Waals surface area contributed by atoms with Crippen molar-refractivity contribution in [3.63, 3.8) is 0 Å². The van der Waals surface area contributed by atoms with E-state index in [1.54, 1.807) is 12.1 Å². The largest absolute Gasteiger partial charge is 0.394 e. The number of rotatable bonds is 5. The first-order valence-electron chi connectivity index (χ1n) is 14.1. The maximum Gasteiger partial charge on any atom is 0.297 e. The van der Waals surface area contributed by atoms with Crippen molar-refractivity contribution in [3.8, 4) is 0 Å². The Bertz CT molecular complexity index is 1130. The predicted molar refractivity (Wildman–Crippen MR) is 135 cm³/mol. The van der Waals surface area contributed by atoms with Crippen LogP contribution in [0, 0.1) is 6.92 Å². The quantitative estimate of drug-likeness (QED) is 0.424. The third kappa shape index (κ3) is 5.35. The summed E-state index contributed by atoms with van der Waals surface area (Å²) in [4.78, 5) is 0.0627. The molecule has 12 nitrogen and oxygen atoms in total. The molecular formula is C27H38O12S. The molecule has 0 aromatic heterocycles. The minimum atomic E-state index is -4.00. The molecule has 0 radical (unpaired) electrons. The normalized spacial score (nSPS) is 39.0. The fourth-order valence-electron chi connectivity index (χ4n) is 6.43. The van der Waals surface area contributed by atoms with Crippen LogP contribution in [0.3, 0.4) is 0 Å². The first kappa shape index (κ1) is 28.9. The molecule has 1 aromatic carbocycles. The highest BCUT2D eigenvalue weighted by Gasteiger charge is 2.60. The Morgan fingerprint density at radius 2 is 1.30 bits per heavy atom. The van der Waals surface area contributed by atoms with Crippen molar-refractivity contribution in [2.75, 3.05) is 13.2 Å². The molecule has 6 aliphatic rings. The van der Waals surface area contributed by atoms with E-state index >= 15 is 0 Å². The molecule has 7 rings (SSSR count). The van der Waals surface area contributed by atoms with Gasteiger partial charge in [0.1, 0.15) is 36.6 Å². The van der Waals surface area contributed by atoms with Gasteiger partial charge < -0.3 is 43.7 Å². The summed E-state index contributed by atoms with van der Waals surface area (Å²) in [5.74, 6) is -1.22. The average Bonchev–Trinajstić information content (AvgIpc) is 3.78. The second kappa shape index (κ2) is 11.1. The van der Waals surface area contributed by atoms with Crippen LogP contribution in [-0.2, 0) is 42.7 Å². The minimum Gasteiger partial charge on any atom is -0.394 e. The smallest absolute Gasteiger partial charge is 0.297 e. The van der Waals surface area contributed by atoms with Crippen molar-refractivity contribution in [1.29, 1.82) is 0 Å². The number of aryl methyl sites for hydroxylation is 1. The van der Waals surface area contributed by atoms with Crippen LogP contribution in [0.1, 0.15) is 56.9 Å². The van der Waals surface area contributed by atoms with E-state index in [9.17, 15) is 18.6 Å². The molecule has 4 heterocycles. The summed E-state index contributed by atoms with van der Waals surface area (Å²) in [6.07, 6.45) is 2.02. The summed E-state index contributed by atoms with van der Waals surface area (Å²) in [5, 5.41) is 28.3. The zero-order valence-corrected chi connectivity index (χ0v) is 23.2. The Hall–Kier alpha value is -1.23. The van der Waals surface area contributed by atoms with E-state index in [2.05, 4.69) is 0 Å². The second-order valence-corrected chi connectivity index (χ2v) is 13.0. The molecule has 40 heavy (non-hydrogen) atoms. The topological polar surface area (TPSA) is 159 Å². The van der Waals surface area contributed by atoms with Crippen LogP contribution in [0.15, 0.2) is 29.2 Å². The van der Waals surface area contributed by atoms with Crippen LogP contribution >= 0.6 is 0 Å². The molecule has 3 N–H and O–H groups in total. The molecule has 2 saturated carbocycles. The van der Waals surface area contributed by atoms with Crippen molar-refractivity contribution in [2.45, 2.75) is 124 Å². The zero-order valence-electron chi connectivity index (χ0n) is 22.4. The lowest BCUT2D eigenvalue weighted by Gasteiger charge is -2.27. The van der Waals surface area contributed by atoms with Gasteiger partial charge in [-0.05, 0) is 44.7 Å². The van der Waals surface area contributed by atoms with E-state index in [4.69, 9.17) is 37.7 Å². The molecular weight excluding hydrogens is 548 g/mol. The van der Waals surface area contributed by atoms with Crippen molar-refractivity contribution in [1.82, 2.24) is 0 Å². The number of benzene rings is 1. The van der Waals surface area contributed by atoms with E-state index in [0.717, 1.165) is 56.9 Å². The molecule has 13 heteroatoms. The Balaban J connectivity index is 0.000000164. The van der Waals surface area contributed by atoms with Crippen molar-refractivity contribution in [3.05, 3.63) is 29.8 Å². The highest BCUT2D eigenvalue weighted by molar-refractivity contribution is 7.86. The van der Waals surface area contributed by atoms with Gasteiger partial charge in [0.2, 0.25) is 0 Å². The number of aliphatic hydroxyl groups is 3. The standard InChI is InChI=1S/C17H22O7S.C10H16O5/c1-11-4-6-12(7-5-11)25(19,20)24-14-13(10-18)21-16-15(14)22-17(23-16)8-2-3-9-17;11-5-6-7(12)8-9(13-6)15-10(14-8)3-1-2-4-10/h4-7,13-16,18H,2-3,8-10H2,1H3;6-9,11-12H,1-5H2/t13-,14+,15-,16-;6-,7+,8-,9-/m11/s1. The average molecular weight is 587 g/mol. The van der Waals surface area contributed by atoms with Crippen LogP contribution in [0.5, 0.6) is 0 Å². The highest BCUT2D eigenvalue weighted by Crippen LogP contribution is 2.47. The molecule has 6 fully saturated rings. The Morgan fingerprint density at radius 3 is 1.82 bits per heavy atom. The summed E-state index contributed by atoms with van der Waals surface area (Å²) >= 11 is 0. The molecule has 0 unspecified atom stereocenters. The van der Waals surface area contributed by atoms with Gasteiger partial charge in [-0.1, -0.05) is 17.7 Å². The van der Waals surface area contributed by atoms with Gasteiger partial charge in [-0.15, -0.1) is 0 Å². The summed E-state index contributed by atoms with van der Waals surface area (Å²) < 4.78 is 65.1. The van der Waals surface area contributed by atoms with Gasteiger partial charge in [-0.3, -0.25) is 4.18 Å². The van der Waals surface area contributed by atoms with E-state index in [1.165, 1.54) is 12.1 Å². The summed E-state index contributed by atoms with van der Waals surface area (Å²) in [6.45, 7) is 1.30. The van der Waals surface area contributed by atoms with Crippen molar-refractivity contribution >= 4 is 10.1 Å². The predicted octanol–water partition coefficient (Wildman–Crippen LogP) is 1.22. The molecule has 8 atom stereocenters. The number of ether oxygens (including phenoxy) is 6. The highest BCUT2D eigenvalue weighted by atomic mass is 32.2. The number of hydrogen-bond acceptors (Lipinski definition) is 12. The van der Waals surface area contributed by atoms with E-state index in [1.807, 2.05) is 6.92 Å². The van der Waals surface area contributed by atoms with Crippen LogP contribution in [0.25, 0.3) is 0 Å². The summed E-state index contributed by atoms with van der Waals surface area (Å²) in [6, 6.07) is 6.40. The summed E-state index contributed by atoms with van der Waals surface area (Å²) in [7, 11) is -4.00. The van der Waals surface area contributed by atoms with Gasteiger partial charge in [0.25, 0.3) is 10.1 Å². The van der Waals surface area contributed by atoms with Gasteiger partial charge >= 0.3 is 0 Å². The fourth-order valence-corrected chi connectivity index (χ4v) is 7.54. The van der Waals surface area contributed by atoms with E-state index in [0.29, 0.717) is 0 Å². The van der Waals surface area contributed by atoms with Gasteiger partial charge in [0.05, 0.1) is 18.1 Å². The van der Waals surface area contributed by atoms with Gasteiger partial charge in [-0.2, -0.15) is 8.42 Å². The molecule has 224 valence electrons. The third-order valence-corrected chi connectivity index (χ3v) is 9.89. The van der Waals surface area contributed by atoms with E-state index in [-0.39, 0.29) is 18.1 Å². The number of hydrogen-bond donors (Lipinski definition) is 3. The third-order valence-electron chi connectivity index (χ3n) is 8.56. The summed E-state index contributed by atoms with van der Waals surface area (Å²) in [5.41, 5.74) is 0.951. The molecule has 2 aliphatic carbocycles. The Labute approximate surface area is 233 Å². The minimum absolute atomic E-state index is 0.0627. The number of aliphatic hydroxyl groups excluding tert-OH is 3. The van der Waals surface area contributed by atoms with Crippen LogP contribution in [-0.4, -0.2) is 97.7 Å². The molecule has 1 aromatic rings. The Kier molecular flexibility index (Phi) is 8.02. The van der Waals surface area contributed by atoms with E-state index < -0.39 is 70.9 Å². The SMILES string of the molecule is Cc1ccc(S(=O)(=O)O[C@@H]2[C@H]3OC4(CCCC4)O[C@H]3O[C@@H]2CO)cc1.OC[C@H]1O[C@@H]2OC3(CCCC3)O[C@@H]2[C@H]1O. The van der Waals surface area contributed by atoms with Gasteiger partial charge in [-0.25, -0.2) is 0 Å². The molecule has 0 amide bonds. The van der Waals surface area contributed by atoms with Gasteiger partial charge in [0.15, 0.2) is 24.2 Å². The maximum atomic E-state index is 12.6. The monoisotopic (exact) mass is 586 g/mol. The lowest BCUT2D eigenvalue weighted by atomic mass is 10.1. The zero-order chi connectivity index (χ0) is 28.1. The Morgan fingerprint density at radius 1 is 0.800 bits per heavy atom. The fraction of sp³-hybridized carbons (Fsp3) is 0.778. The van der Waals surface area contributed by atoms with Crippen LogP contribution in [0.4, 0.5) is 0 Å². The van der Waals surface area contributed by atoms with Crippen molar-refractivity contribution in [2.24, 2.45) is 0 Å². The van der Waals surface area contributed by atoms with Crippen molar-refractivity contribution < 1.29 is 56.3 Å². The number of fused-ring (bicyclic) bond motifs is 2. The van der Waals surface area contributed by atoms with Crippen LogP contribution in [0.2, 0.25) is 0 Å². The maximum absolute atomic E-state index is 12.6. The van der Waals surface area contributed by atoms with Gasteiger partial charge in [0, 0.05) is 25.7 Å². The molecule has 4 aliphatic heterocycles. The second-order valence-electron chi connectivity index (χ2n) is 11.4. The molecule has 4 saturated heterocycles. The lowest BCUT2D eigenvalue weighted by molar-refractivity contribution is -0.232. The first-order chi connectivity index (χ1) is 19.2. The first-order valence-corrected chi connectivity index (χ1v) is 15.5. The lowest BCUT2D eigenvalue weighted by Crippen LogP contribution is -2.40.